The molecule has 1 rings (SSSR count). The van der Waals surface area contributed by atoms with Crippen LogP contribution in [0.2, 0.25) is 0 Å². The highest BCUT2D eigenvalue weighted by Crippen LogP contribution is 2.33. The third-order valence-corrected chi connectivity index (χ3v) is 4.00. The van der Waals surface area contributed by atoms with Crippen molar-refractivity contribution >= 4 is 16.5 Å². The highest BCUT2D eigenvalue weighted by Gasteiger charge is 2.24. The summed E-state index contributed by atoms with van der Waals surface area (Å²) < 4.78 is 5.40. The molecule has 1 N–H and O–H groups in total. The Morgan fingerprint density at radius 1 is 1.32 bits per heavy atom. The standard InChI is InChI=1S/C14H26N2O2S/c1-6-16(8-9-18-7-2)13-15-12(14(3,4)5)11(10-17)19-13/h17H,6-10H2,1-5H3. The van der Waals surface area contributed by atoms with E-state index in [2.05, 4.69) is 32.6 Å². The maximum atomic E-state index is 9.49. The second-order valence-electron chi connectivity index (χ2n) is 5.45. The van der Waals surface area contributed by atoms with Gasteiger partial charge in [-0.25, -0.2) is 4.98 Å². The second-order valence-corrected chi connectivity index (χ2v) is 6.52. The predicted octanol–water partition coefficient (Wildman–Crippen LogP) is 2.80. The molecule has 0 unspecified atom stereocenters. The highest BCUT2D eigenvalue weighted by atomic mass is 32.1. The number of aromatic nitrogens is 1. The normalized spacial score (nSPS) is 11.9. The molecule has 0 saturated carbocycles. The molecule has 0 aromatic carbocycles. The van der Waals surface area contributed by atoms with E-state index in [1.54, 1.807) is 11.3 Å². The van der Waals surface area contributed by atoms with Crippen LogP contribution < -0.4 is 4.90 Å². The zero-order chi connectivity index (χ0) is 14.5. The SMILES string of the molecule is CCOCCN(CC)c1nc(C(C)(C)C)c(CO)s1. The molecule has 4 nitrogen and oxygen atoms in total. The number of nitrogens with zero attached hydrogens (tertiary/aromatic N) is 2. The number of likely N-dealkylation sites (N-methyl/N-ethyl adjacent to an activating group) is 1. The number of hydrogen-bond acceptors (Lipinski definition) is 5. The summed E-state index contributed by atoms with van der Waals surface area (Å²) in [6.07, 6.45) is 0. The Balaban J connectivity index is 2.90. The molecule has 0 aliphatic heterocycles. The third kappa shape index (κ3) is 4.44. The number of anilines is 1. The molecule has 110 valence electrons. The van der Waals surface area contributed by atoms with Gasteiger partial charge in [-0.2, -0.15) is 0 Å². The van der Waals surface area contributed by atoms with Gasteiger partial charge in [-0.05, 0) is 13.8 Å². The summed E-state index contributed by atoms with van der Waals surface area (Å²) in [5, 5.41) is 10.5. The van der Waals surface area contributed by atoms with Crippen LogP contribution in [0.3, 0.4) is 0 Å². The van der Waals surface area contributed by atoms with Gasteiger partial charge in [0, 0.05) is 25.1 Å². The van der Waals surface area contributed by atoms with Crippen molar-refractivity contribution in [1.29, 1.82) is 0 Å². The van der Waals surface area contributed by atoms with E-state index in [1.807, 2.05) is 6.92 Å². The second kappa shape index (κ2) is 7.22. The van der Waals surface area contributed by atoms with E-state index in [4.69, 9.17) is 9.72 Å². The number of thiazole rings is 1. The molecular formula is C14H26N2O2S. The van der Waals surface area contributed by atoms with E-state index >= 15 is 0 Å². The molecule has 0 aliphatic rings. The van der Waals surface area contributed by atoms with E-state index in [0.29, 0.717) is 6.61 Å². The summed E-state index contributed by atoms with van der Waals surface area (Å²) >= 11 is 1.59. The highest BCUT2D eigenvalue weighted by molar-refractivity contribution is 7.15. The number of aliphatic hydroxyl groups excluding tert-OH is 1. The van der Waals surface area contributed by atoms with Gasteiger partial charge in [-0.1, -0.05) is 32.1 Å². The zero-order valence-electron chi connectivity index (χ0n) is 12.7. The average Bonchev–Trinajstić information content (AvgIpc) is 2.78. The molecule has 1 heterocycles. The van der Waals surface area contributed by atoms with Gasteiger partial charge in [0.05, 0.1) is 23.8 Å². The van der Waals surface area contributed by atoms with Crippen molar-refractivity contribution in [1.82, 2.24) is 4.98 Å². The topological polar surface area (TPSA) is 45.6 Å². The number of hydrogen-bond donors (Lipinski definition) is 1. The van der Waals surface area contributed by atoms with Gasteiger partial charge >= 0.3 is 0 Å². The molecule has 0 amide bonds. The monoisotopic (exact) mass is 286 g/mol. The van der Waals surface area contributed by atoms with Gasteiger partial charge in [0.2, 0.25) is 0 Å². The van der Waals surface area contributed by atoms with Crippen molar-refractivity contribution in [2.45, 2.75) is 46.6 Å². The molecule has 5 heteroatoms. The minimum Gasteiger partial charge on any atom is -0.391 e. The van der Waals surface area contributed by atoms with Gasteiger partial charge in [0.15, 0.2) is 5.13 Å². The van der Waals surface area contributed by atoms with E-state index in [0.717, 1.165) is 35.4 Å². The predicted molar refractivity (Wildman–Crippen MR) is 81.1 cm³/mol. The third-order valence-electron chi connectivity index (χ3n) is 2.90. The molecule has 1 aromatic rings. The molecule has 0 atom stereocenters. The molecular weight excluding hydrogens is 260 g/mol. The first-order valence-corrected chi connectivity index (χ1v) is 7.69. The van der Waals surface area contributed by atoms with Gasteiger partial charge in [-0.3, -0.25) is 0 Å². The van der Waals surface area contributed by atoms with Crippen LogP contribution in [0.25, 0.3) is 0 Å². The molecule has 1 aromatic heterocycles. The van der Waals surface area contributed by atoms with Crippen LogP contribution in [0.5, 0.6) is 0 Å². The summed E-state index contributed by atoms with van der Waals surface area (Å²) in [5.74, 6) is 0. The van der Waals surface area contributed by atoms with E-state index in [-0.39, 0.29) is 12.0 Å². The molecule has 0 bridgehead atoms. The average molecular weight is 286 g/mol. The number of ether oxygens (including phenoxy) is 1. The van der Waals surface area contributed by atoms with Crippen molar-refractivity contribution in [2.24, 2.45) is 0 Å². The smallest absolute Gasteiger partial charge is 0.185 e. The van der Waals surface area contributed by atoms with E-state index in [9.17, 15) is 5.11 Å². The van der Waals surface area contributed by atoms with Gasteiger partial charge in [-0.15, -0.1) is 0 Å². The lowest BCUT2D eigenvalue weighted by atomic mass is 9.91. The number of rotatable bonds is 7. The van der Waals surface area contributed by atoms with Crippen LogP contribution in [-0.2, 0) is 16.8 Å². The quantitative estimate of drug-likeness (QED) is 0.783. The Bertz CT molecular complexity index is 385. The van der Waals surface area contributed by atoms with Gasteiger partial charge in [0.1, 0.15) is 0 Å². The van der Waals surface area contributed by atoms with Gasteiger partial charge < -0.3 is 14.7 Å². The van der Waals surface area contributed by atoms with E-state index < -0.39 is 0 Å². The molecule has 0 aliphatic carbocycles. The lowest BCUT2D eigenvalue weighted by Gasteiger charge is -2.20. The Hall–Kier alpha value is -0.650. The molecule has 0 saturated heterocycles. The van der Waals surface area contributed by atoms with Crippen molar-refractivity contribution in [3.8, 4) is 0 Å². The Labute approximate surface area is 120 Å². The Morgan fingerprint density at radius 3 is 2.42 bits per heavy atom. The van der Waals surface area contributed by atoms with Crippen LogP contribution in [-0.4, -0.2) is 36.4 Å². The summed E-state index contributed by atoms with van der Waals surface area (Å²) in [5.41, 5.74) is 0.969. The zero-order valence-corrected chi connectivity index (χ0v) is 13.5. The van der Waals surface area contributed by atoms with Gasteiger partial charge in [0.25, 0.3) is 0 Å². The fourth-order valence-electron chi connectivity index (χ4n) is 1.88. The lowest BCUT2D eigenvalue weighted by Crippen LogP contribution is -2.27. The molecule has 0 fully saturated rings. The maximum Gasteiger partial charge on any atom is 0.185 e. The summed E-state index contributed by atoms with van der Waals surface area (Å²) in [4.78, 5) is 7.90. The Kier molecular flexibility index (Phi) is 6.23. The van der Waals surface area contributed by atoms with Crippen molar-refractivity contribution in [2.75, 3.05) is 31.2 Å². The van der Waals surface area contributed by atoms with Crippen LogP contribution in [0.1, 0.15) is 45.2 Å². The summed E-state index contributed by atoms with van der Waals surface area (Å²) in [6, 6.07) is 0. The van der Waals surface area contributed by atoms with Crippen molar-refractivity contribution < 1.29 is 9.84 Å². The first-order chi connectivity index (χ1) is 8.93. The first-order valence-electron chi connectivity index (χ1n) is 6.87. The van der Waals surface area contributed by atoms with Crippen molar-refractivity contribution in [3.63, 3.8) is 0 Å². The van der Waals surface area contributed by atoms with E-state index in [1.165, 1.54) is 0 Å². The maximum absolute atomic E-state index is 9.49. The molecule has 0 spiro atoms. The minimum absolute atomic E-state index is 0.0356. The lowest BCUT2D eigenvalue weighted by molar-refractivity contribution is 0.154. The summed E-state index contributed by atoms with van der Waals surface area (Å²) in [6.45, 7) is 13.7. The number of aliphatic hydroxyl groups is 1. The summed E-state index contributed by atoms with van der Waals surface area (Å²) in [7, 11) is 0. The molecule has 0 radical (unpaired) electrons. The minimum atomic E-state index is -0.0356. The Morgan fingerprint density at radius 2 is 2.00 bits per heavy atom. The first kappa shape index (κ1) is 16.4. The van der Waals surface area contributed by atoms with Crippen LogP contribution in [0.4, 0.5) is 5.13 Å². The van der Waals surface area contributed by atoms with Crippen LogP contribution in [0.15, 0.2) is 0 Å². The fraction of sp³-hybridized carbons (Fsp3) is 0.786. The van der Waals surface area contributed by atoms with Crippen LogP contribution >= 0.6 is 11.3 Å². The fourth-order valence-corrected chi connectivity index (χ4v) is 3.10. The van der Waals surface area contributed by atoms with Crippen LogP contribution in [0, 0.1) is 0 Å². The molecule has 19 heavy (non-hydrogen) atoms. The largest absolute Gasteiger partial charge is 0.391 e. The van der Waals surface area contributed by atoms with Crippen molar-refractivity contribution in [3.05, 3.63) is 10.6 Å².